The van der Waals surface area contributed by atoms with E-state index in [-0.39, 0.29) is 22.4 Å². The minimum absolute atomic E-state index is 0.0443. The molecule has 1 unspecified atom stereocenters. The van der Waals surface area contributed by atoms with Gasteiger partial charge in [0.05, 0.1) is 17.3 Å². The van der Waals surface area contributed by atoms with Gasteiger partial charge in [0.25, 0.3) is 10.0 Å². The zero-order valence-electron chi connectivity index (χ0n) is 13.4. The zero-order valence-corrected chi connectivity index (χ0v) is 16.4. The Morgan fingerprint density at radius 3 is 2.58 bits per heavy atom. The van der Waals surface area contributed by atoms with Gasteiger partial charge in [-0.05, 0) is 42.3 Å². The summed E-state index contributed by atoms with van der Waals surface area (Å²) >= 11 is 18.1. The second-order valence-corrected chi connectivity index (χ2v) is 9.19. The lowest BCUT2D eigenvalue weighted by molar-refractivity contribution is 0.393. The van der Waals surface area contributed by atoms with Crippen molar-refractivity contribution in [1.29, 1.82) is 0 Å². The van der Waals surface area contributed by atoms with E-state index in [0.29, 0.717) is 22.2 Å². The molecule has 1 atom stereocenters. The van der Waals surface area contributed by atoms with Crippen LogP contribution in [0.15, 0.2) is 52.5 Å². The molecule has 1 heterocycles. The van der Waals surface area contributed by atoms with Crippen molar-refractivity contribution in [2.75, 3.05) is 6.54 Å². The van der Waals surface area contributed by atoms with Crippen LogP contribution in [-0.2, 0) is 10.0 Å². The molecule has 1 aliphatic heterocycles. The van der Waals surface area contributed by atoms with Gasteiger partial charge in [-0.1, -0.05) is 53.0 Å². The third kappa shape index (κ3) is 3.03. The first-order valence-corrected chi connectivity index (χ1v) is 10.5. The van der Waals surface area contributed by atoms with Gasteiger partial charge in [0.15, 0.2) is 0 Å². The highest BCUT2D eigenvalue weighted by Gasteiger charge is 2.33. The molecule has 8 heteroatoms. The summed E-state index contributed by atoms with van der Waals surface area (Å²) in [5.41, 5.74) is 2.53. The van der Waals surface area contributed by atoms with Crippen LogP contribution in [0.1, 0.15) is 17.5 Å². The van der Waals surface area contributed by atoms with Crippen LogP contribution in [0.3, 0.4) is 0 Å². The van der Waals surface area contributed by atoms with Crippen molar-refractivity contribution in [2.24, 2.45) is 11.0 Å². The number of rotatable bonds is 2. The second kappa shape index (κ2) is 6.57. The third-order valence-corrected chi connectivity index (χ3v) is 7.07. The van der Waals surface area contributed by atoms with Crippen molar-refractivity contribution in [3.8, 4) is 0 Å². The maximum Gasteiger partial charge on any atom is 0.280 e. The SMILES string of the molecule is O=S(=O)(c1cc(Cl)ccc1Cl)N1CCC2C=Cc3cc(Cl)ccc3C2=N1. The molecule has 2 aromatic carbocycles. The van der Waals surface area contributed by atoms with Gasteiger partial charge >= 0.3 is 0 Å². The van der Waals surface area contributed by atoms with E-state index in [9.17, 15) is 8.42 Å². The number of allylic oxidation sites excluding steroid dienone is 1. The third-order valence-electron chi connectivity index (χ3n) is 4.45. The fourth-order valence-corrected chi connectivity index (χ4v) is 5.34. The number of sulfonamides is 1. The lowest BCUT2D eigenvalue weighted by atomic mass is 9.85. The summed E-state index contributed by atoms with van der Waals surface area (Å²) in [5, 5.41) is 5.50. The number of benzene rings is 2. The van der Waals surface area contributed by atoms with Crippen molar-refractivity contribution in [3.63, 3.8) is 0 Å². The maximum atomic E-state index is 13.0. The van der Waals surface area contributed by atoms with E-state index < -0.39 is 10.0 Å². The van der Waals surface area contributed by atoms with E-state index in [2.05, 4.69) is 5.10 Å². The van der Waals surface area contributed by atoms with E-state index in [0.717, 1.165) is 15.5 Å². The quantitative estimate of drug-likeness (QED) is 0.670. The van der Waals surface area contributed by atoms with Crippen LogP contribution in [0.4, 0.5) is 0 Å². The molecule has 0 N–H and O–H groups in total. The molecule has 0 amide bonds. The Hall–Kier alpha value is -1.53. The van der Waals surface area contributed by atoms with Crippen LogP contribution in [0.2, 0.25) is 15.1 Å². The highest BCUT2D eigenvalue weighted by molar-refractivity contribution is 7.89. The second-order valence-electron chi connectivity index (χ2n) is 6.10. The number of fused-ring (bicyclic) bond motifs is 3. The number of hydrazone groups is 1. The monoisotopic (exact) mass is 426 g/mol. The Balaban J connectivity index is 1.80. The minimum Gasteiger partial charge on any atom is -0.200 e. The summed E-state index contributed by atoms with van der Waals surface area (Å²) in [6.45, 7) is 0.270. The molecular formula is C18H13Cl3N2O2S. The Kier molecular flexibility index (Phi) is 4.51. The average Bonchev–Trinajstić information content (AvgIpc) is 2.62. The number of nitrogens with zero attached hydrogens (tertiary/aromatic N) is 2. The van der Waals surface area contributed by atoms with Crippen LogP contribution in [0, 0.1) is 5.92 Å². The van der Waals surface area contributed by atoms with Crippen molar-refractivity contribution >= 4 is 56.6 Å². The molecule has 0 aromatic heterocycles. The number of hydrogen-bond acceptors (Lipinski definition) is 3. The summed E-state index contributed by atoms with van der Waals surface area (Å²) in [4.78, 5) is -0.0443. The van der Waals surface area contributed by atoms with Gasteiger partial charge < -0.3 is 0 Å². The fraction of sp³-hybridized carbons (Fsp3) is 0.167. The summed E-state index contributed by atoms with van der Waals surface area (Å²) in [6, 6.07) is 9.85. The minimum atomic E-state index is -3.90. The van der Waals surface area contributed by atoms with Crippen LogP contribution < -0.4 is 0 Å². The van der Waals surface area contributed by atoms with Gasteiger partial charge in [0.2, 0.25) is 0 Å². The number of halogens is 3. The summed E-state index contributed by atoms with van der Waals surface area (Å²) in [7, 11) is -3.90. The summed E-state index contributed by atoms with van der Waals surface area (Å²) in [6.07, 6.45) is 4.67. The first kappa shape index (κ1) is 17.9. The van der Waals surface area contributed by atoms with Gasteiger partial charge in [0, 0.05) is 21.5 Å². The first-order chi connectivity index (χ1) is 12.4. The van der Waals surface area contributed by atoms with Crippen molar-refractivity contribution in [3.05, 3.63) is 68.7 Å². The molecule has 2 aromatic rings. The number of hydrogen-bond donors (Lipinski definition) is 0. The molecule has 4 nitrogen and oxygen atoms in total. The Morgan fingerprint density at radius 1 is 1.04 bits per heavy atom. The van der Waals surface area contributed by atoms with Gasteiger partial charge in [-0.15, -0.1) is 0 Å². The van der Waals surface area contributed by atoms with E-state index in [1.807, 2.05) is 24.3 Å². The molecule has 2 aliphatic rings. The van der Waals surface area contributed by atoms with E-state index in [1.165, 1.54) is 12.1 Å². The summed E-state index contributed by atoms with van der Waals surface area (Å²) < 4.78 is 27.2. The molecule has 0 radical (unpaired) electrons. The first-order valence-electron chi connectivity index (χ1n) is 7.91. The Morgan fingerprint density at radius 2 is 1.77 bits per heavy atom. The molecule has 26 heavy (non-hydrogen) atoms. The van der Waals surface area contributed by atoms with Crippen molar-refractivity contribution in [2.45, 2.75) is 11.3 Å². The van der Waals surface area contributed by atoms with E-state index in [1.54, 1.807) is 12.1 Å². The maximum absolute atomic E-state index is 13.0. The van der Waals surface area contributed by atoms with Gasteiger partial charge in [0.1, 0.15) is 4.90 Å². The Bertz CT molecular complexity index is 1060. The van der Waals surface area contributed by atoms with Crippen LogP contribution in [0.5, 0.6) is 0 Å². The molecule has 1 aliphatic carbocycles. The molecule has 4 rings (SSSR count). The molecule has 0 bridgehead atoms. The van der Waals surface area contributed by atoms with Crippen LogP contribution in [-0.4, -0.2) is 25.1 Å². The molecule has 134 valence electrons. The highest BCUT2D eigenvalue weighted by atomic mass is 35.5. The Labute approximate surface area is 166 Å². The van der Waals surface area contributed by atoms with Gasteiger partial charge in [-0.2, -0.15) is 17.9 Å². The molecular weight excluding hydrogens is 415 g/mol. The van der Waals surface area contributed by atoms with Crippen molar-refractivity contribution < 1.29 is 8.42 Å². The van der Waals surface area contributed by atoms with E-state index in [4.69, 9.17) is 34.8 Å². The normalized spacial score (nSPS) is 19.0. The van der Waals surface area contributed by atoms with Crippen molar-refractivity contribution in [1.82, 2.24) is 4.41 Å². The summed E-state index contributed by atoms with van der Waals surface area (Å²) in [5.74, 6) is 0.0740. The molecule has 0 saturated heterocycles. The predicted molar refractivity (Wildman–Crippen MR) is 105 cm³/mol. The molecule has 0 saturated carbocycles. The molecule has 0 spiro atoms. The standard InChI is InChI=1S/C18H13Cl3N2O2S/c19-13-3-5-15-12(9-13)2-1-11-7-8-23(22-18(11)15)26(24,25)17-10-14(20)4-6-16(17)21/h1-6,9-11H,7-8H2. The lowest BCUT2D eigenvalue weighted by Gasteiger charge is -2.31. The van der Waals surface area contributed by atoms with Crippen LogP contribution >= 0.6 is 34.8 Å². The van der Waals surface area contributed by atoms with E-state index >= 15 is 0 Å². The average molecular weight is 428 g/mol. The smallest absolute Gasteiger partial charge is 0.200 e. The van der Waals surface area contributed by atoms with Gasteiger partial charge in [-0.3, -0.25) is 0 Å². The molecule has 0 fully saturated rings. The lowest BCUT2D eigenvalue weighted by Crippen LogP contribution is -2.37. The largest absolute Gasteiger partial charge is 0.280 e. The van der Waals surface area contributed by atoms with Gasteiger partial charge in [-0.25, -0.2) is 0 Å². The topological polar surface area (TPSA) is 49.7 Å². The highest BCUT2D eigenvalue weighted by Crippen LogP contribution is 2.34. The predicted octanol–water partition coefficient (Wildman–Crippen LogP) is 5.09. The fourth-order valence-electron chi connectivity index (χ4n) is 3.16. The van der Waals surface area contributed by atoms with Crippen LogP contribution in [0.25, 0.3) is 6.08 Å². The zero-order chi connectivity index (χ0) is 18.5.